The van der Waals surface area contributed by atoms with Crippen LogP contribution in [0.2, 0.25) is 0 Å². The van der Waals surface area contributed by atoms with E-state index in [1.54, 1.807) is 0 Å². The van der Waals surface area contributed by atoms with E-state index < -0.39 is 5.82 Å². The molecule has 2 rings (SSSR count). The van der Waals surface area contributed by atoms with Crippen LogP contribution in [0.5, 0.6) is 5.75 Å². The fraction of sp³-hybridized carbons (Fsp3) is 0.500. The highest BCUT2D eigenvalue weighted by Crippen LogP contribution is 2.30. The van der Waals surface area contributed by atoms with Crippen molar-refractivity contribution in [3.05, 3.63) is 29.6 Å². The van der Waals surface area contributed by atoms with Gasteiger partial charge in [0.25, 0.3) is 0 Å². The predicted molar refractivity (Wildman–Crippen MR) is 64.8 cm³/mol. The van der Waals surface area contributed by atoms with Gasteiger partial charge in [-0.05, 0) is 44.9 Å². The van der Waals surface area contributed by atoms with Crippen molar-refractivity contribution >= 4 is 0 Å². The summed E-state index contributed by atoms with van der Waals surface area (Å²) < 4.78 is 24.7. The van der Waals surface area contributed by atoms with E-state index >= 15 is 0 Å². The molecule has 1 saturated heterocycles. The molecule has 1 aliphatic heterocycles. The molecule has 0 saturated carbocycles. The highest BCUT2D eigenvalue weighted by atomic mass is 19.1. The van der Waals surface area contributed by atoms with Gasteiger partial charge in [0.2, 0.25) is 0 Å². The molecule has 1 unspecified atom stereocenters. The summed E-state index contributed by atoms with van der Waals surface area (Å²) in [5, 5.41) is 8.64. The van der Waals surface area contributed by atoms with Gasteiger partial charge in [-0.25, -0.2) is 4.39 Å². The maximum atomic E-state index is 13.5. The van der Waals surface area contributed by atoms with Crippen LogP contribution in [0.3, 0.4) is 0 Å². The summed E-state index contributed by atoms with van der Waals surface area (Å²) in [6, 6.07) is 6.08. The molecule has 0 radical (unpaired) electrons. The average Bonchev–Trinajstić information content (AvgIpc) is 2.67. The maximum Gasteiger partial charge on any atom is 0.166 e. The molecule has 0 bridgehead atoms. The van der Waals surface area contributed by atoms with Crippen molar-refractivity contribution < 1.29 is 13.9 Å². The van der Waals surface area contributed by atoms with Crippen molar-refractivity contribution in [1.29, 1.82) is 5.26 Å². The Morgan fingerprint density at radius 1 is 1.56 bits per heavy atom. The van der Waals surface area contributed by atoms with Gasteiger partial charge in [0.05, 0.1) is 23.3 Å². The zero-order chi connectivity index (χ0) is 13.2. The number of hydrogen-bond donors (Lipinski definition) is 0. The number of benzene rings is 1. The number of hydrogen-bond acceptors (Lipinski definition) is 3. The second-order valence-electron chi connectivity index (χ2n) is 5.11. The van der Waals surface area contributed by atoms with Crippen LogP contribution in [0.25, 0.3) is 0 Å². The van der Waals surface area contributed by atoms with Crippen LogP contribution in [-0.4, -0.2) is 18.3 Å². The minimum atomic E-state index is -0.508. The molecule has 1 heterocycles. The zero-order valence-corrected chi connectivity index (χ0v) is 10.6. The van der Waals surface area contributed by atoms with E-state index in [9.17, 15) is 4.39 Å². The number of nitriles is 1. The zero-order valence-electron chi connectivity index (χ0n) is 10.6. The lowest BCUT2D eigenvalue weighted by Gasteiger charge is -2.19. The first-order chi connectivity index (χ1) is 8.50. The molecule has 18 heavy (non-hydrogen) atoms. The molecule has 4 heteroatoms. The molecule has 0 amide bonds. The van der Waals surface area contributed by atoms with Gasteiger partial charge in [0, 0.05) is 0 Å². The fourth-order valence-electron chi connectivity index (χ4n) is 2.07. The number of halogens is 1. The Morgan fingerprint density at radius 2 is 2.33 bits per heavy atom. The summed E-state index contributed by atoms with van der Waals surface area (Å²) in [5.74, 6) is -0.339. The van der Waals surface area contributed by atoms with Crippen molar-refractivity contribution in [2.24, 2.45) is 0 Å². The van der Waals surface area contributed by atoms with E-state index in [0.29, 0.717) is 6.61 Å². The average molecular weight is 249 g/mol. The van der Waals surface area contributed by atoms with Gasteiger partial charge in [-0.3, -0.25) is 0 Å². The van der Waals surface area contributed by atoms with E-state index in [2.05, 4.69) is 0 Å². The number of ether oxygens (including phenoxy) is 2. The van der Waals surface area contributed by atoms with Gasteiger partial charge >= 0.3 is 0 Å². The molecule has 96 valence electrons. The van der Waals surface area contributed by atoms with Gasteiger partial charge in [-0.1, -0.05) is 0 Å². The monoisotopic (exact) mass is 249 g/mol. The van der Waals surface area contributed by atoms with Gasteiger partial charge < -0.3 is 9.47 Å². The maximum absolute atomic E-state index is 13.5. The van der Waals surface area contributed by atoms with Crippen LogP contribution >= 0.6 is 0 Å². The minimum Gasteiger partial charge on any atom is -0.488 e. The number of rotatable bonds is 3. The first kappa shape index (κ1) is 12.8. The Labute approximate surface area is 106 Å². The van der Waals surface area contributed by atoms with Crippen LogP contribution < -0.4 is 4.74 Å². The van der Waals surface area contributed by atoms with Crippen molar-refractivity contribution in [3.8, 4) is 11.8 Å². The Kier molecular flexibility index (Phi) is 3.53. The first-order valence-electron chi connectivity index (χ1n) is 6.00. The highest BCUT2D eigenvalue weighted by Gasteiger charge is 2.32. The van der Waals surface area contributed by atoms with E-state index in [-0.39, 0.29) is 23.0 Å². The molecule has 1 aromatic carbocycles. The van der Waals surface area contributed by atoms with E-state index in [0.717, 1.165) is 12.8 Å². The topological polar surface area (TPSA) is 42.2 Å². The molecule has 0 spiro atoms. The van der Waals surface area contributed by atoms with Crippen LogP contribution in [-0.2, 0) is 4.74 Å². The molecule has 0 aromatic heterocycles. The smallest absolute Gasteiger partial charge is 0.166 e. The third-order valence-electron chi connectivity index (χ3n) is 3.04. The molecular formula is C14H16FNO2. The quantitative estimate of drug-likeness (QED) is 0.826. The van der Waals surface area contributed by atoms with E-state index in [4.69, 9.17) is 14.7 Å². The summed E-state index contributed by atoms with van der Waals surface area (Å²) in [7, 11) is 0. The number of nitrogens with zero attached hydrogens (tertiary/aromatic N) is 1. The second kappa shape index (κ2) is 4.95. The van der Waals surface area contributed by atoms with Gasteiger partial charge in [0.15, 0.2) is 11.6 Å². The standard InChI is InChI=1S/C14H16FNO2/c1-14(2)6-5-11(18-14)9-17-13-4-3-10(8-16)7-12(13)15/h3-4,7,11H,5-6,9H2,1-2H3. The fourth-order valence-corrected chi connectivity index (χ4v) is 2.07. The lowest BCUT2D eigenvalue weighted by molar-refractivity contribution is -0.0330. The minimum absolute atomic E-state index is 0.00930. The summed E-state index contributed by atoms with van der Waals surface area (Å²) in [6.07, 6.45) is 1.91. The molecule has 0 aliphatic carbocycles. The van der Waals surface area contributed by atoms with E-state index in [1.165, 1.54) is 18.2 Å². The molecule has 1 atom stereocenters. The Hall–Kier alpha value is -1.60. The second-order valence-corrected chi connectivity index (χ2v) is 5.11. The molecule has 0 N–H and O–H groups in total. The van der Waals surface area contributed by atoms with Crippen molar-refractivity contribution in [2.75, 3.05) is 6.61 Å². The Morgan fingerprint density at radius 3 is 2.89 bits per heavy atom. The van der Waals surface area contributed by atoms with E-state index in [1.807, 2.05) is 19.9 Å². The lowest BCUT2D eigenvalue weighted by Crippen LogP contribution is -2.24. The molecule has 3 nitrogen and oxygen atoms in total. The van der Waals surface area contributed by atoms with Crippen LogP contribution in [0.1, 0.15) is 32.3 Å². The van der Waals surface area contributed by atoms with Gasteiger partial charge in [-0.15, -0.1) is 0 Å². The van der Waals surface area contributed by atoms with Gasteiger partial charge in [0.1, 0.15) is 6.61 Å². The normalized spacial score (nSPS) is 21.6. The van der Waals surface area contributed by atoms with Crippen LogP contribution in [0, 0.1) is 17.1 Å². The van der Waals surface area contributed by atoms with Crippen molar-refractivity contribution in [1.82, 2.24) is 0 Å². The molecule has 1 fully saturated rings. The SMILES string of the molecule is CC1(C)CCC(COc2ccc(C#N)cc2F)O1. The third-order valence-corrected chi connectivity index (χ3v) is 3.04. The van der Waals surface area contributed by atoms with Gasteiger partial charge in [-0.2, -0.15) is 5.26 Å². The molecule has 1 aromatic rings. The molecular weight excluding hydrogens is 233 g/mol. The summed E-state index contributed by atoms with van der Waals surface area (Å²) in [4.78, 5) is 0. The van der Waals surface area contributed by atoms with Crippen molar-refractivity contribution in [2.45, 2.75) is 38.4 Å². The van der Waals surface area contributed by atoms with Crippen molar-refractivity contribution in [3.63, 3.8) is 0 Å². The Balaban J connectivity index is 1.93. The first-order valence-corrected chi connectivity index (χ1v) is 6.00. The largest absolute Gasteiger partial charge is 0.488 e. The summed E-state index contributed by atoms with van der Waals surface area (Å²) >= 11 is 0. The molecule has 1 aliphatic rings. The lowest BCUT2D eigenvalue weighted by atomic mass is 10.1. The highest BCUT2D eigenvalue weighted by molar-refractivity contribution is 5.35. The van der Waals surface area contributed by atoms with Crippen LogP contribution in [0.15, 0.2) is 18.2 Å². The predicted octanol–water partition coefficient (Wildman–Crippen LogP) is 3.03. The Bertz CT molecular complexity index is 479. The third kappa shape index (κ3) is 2.99. The summed E-state index contributed by atoms with van der Waals surface area (Å²) in [5.41, 5.74) is 0.176. The van der Waals surface area contributed by atoms with Crippen LogP contribution in [0.4, 0.5) is 4.39 Å². The summed E-state index contributed by atoms with van der Waals surface area (Å²) in [6.45, 7) is 4.41.